The van der Waals surface area contributed by atoms with E-state index in [0.29, 0.717) is 22.4 Å². The van der Waals surface area contributed by atoms with Crippen LogP contribution in [0.4, 0.5) is 11.5 Å². The van der Waals surface area contributed by atoms with Crippen molar-refractivity contribution in [2.75, 3.05) is 57.2 Å². The number of rotatable bonds is 7. The van der Waals surface area contributed by atoms with E-state index in [-0.39, 0.29) is 12.5 Å². The summed E-state index contributed by atoms with van der Waals surface area (Å²) in [6.45, 7) is 6.65. The quantitative estimate of drug-likeness (QED) is 0.489. The molecule has 2 aliphatic rings. The van der Waals surface area contributed by atoms with E-state index in [1.165, 1.54) is 15.3 Å². The van der Waals surface area contributed by atoms with Gasteiger partial charge in [-0.05, 0) is 48.9 Å². The highest BCUT2D eigenvalue weighted by Gasteiger charge is 2.27. The first-order chi connectivity index (χ1) is 17.4. The normalized spacial score (nSPS) is 18.2. The van der Waals surface area contributed by atoms with Crippen LogP contribution in [0.5, 0.6) is 5.75 Å². The summed E-state index contributed by atoms with van der Waals surface area (Å²) in [5, 5.41) is 4.59. The molecule has 0 spiro atoms. The molecule has 8 nitrogen and oxygen atoms in total. The number of methoxy groups -OCH3 is 1. The molecule has 0 unspecified atom stereocenters. The van der Waals surface area contributed by atoms with E-state index in [1.54, 1.807) is 36.6 Å². The van der Waals surface area contributed by atoms with Crippen molar-refractivity contribution in [3.05, 3.63) is 39.5 Å². The molecule has 0 bridgehead atoms. The number of fused-ring (bicyclic) bond motifs is 3. The topological polar surface area (TPSA) is 81.0 Å². The van der Waals surface area contributed by atoms with Gasteiger partial charge in [0.05, 0.1) is 37.9 Å². The number of amides is 1. The third kappa shape index (κ3) is 5.44. The lowest BCUT2D eigenvalue weighted by atomic mass is 9.89. The lowest BCUT2D eigenvalue weighted by molar-refractivity contribution is -0.922. The Hall–Kier alpha value is -2.46. The number of thiophene rings is 1. The van der Waals surface area contributed by atoms with Crippen LogP contribution >= 0.6 is 22.9 Å². The van der Waals surface area contributed by atoms with Crippen LogP contribution in [0.1, 0.15) is 29.6 Å². The number of carbonyl (C=O) groups excluding carboxylic acids is 1. The van der Waals surface area contributed by atoms with Crippen LogP contribution in [0.3, 0.4) is 0 Å². The van der Waals surface area contributed by atoms with Gasteiger partial charge in [-0.3, -0.25) is 4.79 Å². The minimum atomic E-state index is -0.164. The third-order valence-electron chi connectivity index (χ3n) is 6.97. The molecule has 1 aliphatic heterocycles. The monoisotopic (exact) mass is 530 g/mol. The standard InChI is InChI=1S/C26H32ClN5O3S/c1-16-4-6-18-21(12-16)36-26-24(18)25(29-22(30-26)14-32-8-10-35-11-9-32)31(2)15-23(33)28-19-13-17(27)5-7-20(19)34-3/h5,7,13,16H,4,6,8-12,14-15H2,1-3H3,(H,28,33)/p+1/t16-/m0/s1. The number of quaternary nitrogens is 1. The minimum Gasteiger partial charge on any atom is -0.495 e. The number of morpholine rings is 1. The number of aryl methyl sites for hydroxylation is 1. The van der Waals surface area contributed by atoms with Gasteiger partial charge in [0.25, 0.3) is 0 Å². The number of anilines is 2. The number of carbonyl (C=O) groups is 1. The molecule has 1 amide bonds. The number of hydrogen-bond donors (Lipinski definition) is 2. The Morgan fingerprint density at radius 3 is 2.92 bits per heavy atom. The van der Waals surface area contributed by atoms with Crippen molar-refractivity contribution in [2.45, 2.75) is 32.7 Å². The molecule has 3 aromatic rings. The summed E-state index contributed by atoms with van der Waals surface area (Å²) >= 11 is 7.94. The van der Waals surface area contributed by atoms with Crippen LogP contribution in [0.25, 0.3) is 10.2 Å². The van der Waals surface area contributed by atoms with Crippen LogP contribution in [0, 0.1) is 5.92 Å². The van der Waals surface area contributed by atoms with Gasteiger partial charge in [-0.1, -0.05) is 18.5 Å². The number of halogens is 1. The Balaban J connectivity index is 1.44. The van der Waals surface area contributed by atoms with E-state index in [9.17, 15) is 4.79 Å². The van der Waals surface area contributed by atoms with Gasteiger partial charge in [0, 0.05) is 16.9 Å². The maximum absolute atomic E-state index is 13.1. The fourth-order valence-electron chi connectivity index (χ4n) is 5.04. The Morgan fingerprint density at radius 2 is 2.14 bits per heavy atom. The first-order valence-electron chi connectivity index (χ1n) is 12.5. The minimum absolute atomic E-state index is 0.145. The maximum Gasteiger partial charge on any atom is 0.244 e. The second-order valence-corrected chi connectivity index (χ2v) is 11.3. The fraction of sp³-hybridized carbons (Fsp3) is 0.500. The summed E-state index contributed by atoms with van der Waals surface area (Å²) < 4.78 is 10.9. The smallest absolute Gasteiger partial charge is 0.244 e. The molecule has 10 heteroatoms. The van der Waals surface area contributed by atoms with Gasteiger partial charge in [0.15, 0.2) is 5.82 Å². The number of nitrogens with one attached hydrogen (secondary N) is 2. The Morgan fingerprint density at radius 1 is 1.33 bits per heavy atom. The lowest BCUT2D eigenvalue weighted by Gasteiger charge is -2.24. The maximum atomic E-state index is 13.1. The van der Waals surface area contributed by atoms with Gasteiger partial charge < -0.3 is 24.6 Å². The first-order valence-corrected chi connectivity index (χ1v) is 13.7. The molecule has 1 fully saturated rings. The number of benzene rings is 1. The fourth-order valence-corrected chi connectivity index (χ4v) is 6.61. The zero-order valence-corrected chi connectivity index (χ0v) is 22.6. The summed E-state index contributed by atoms with van der Waals surface area (Å²) in [5.41, 5.74) is 1.91. The van der Waals surface area contributed by atoms with Gasteiger partial charge in [-0.15, -0.1) is 11.3 Å². The summed E-state index contributed by atoms with van der Waals surface area (Å²) in [6.07, 6.45) is 3.27. The molecule has 1 aromatic carbocycles. The highest BCUT2D eigenvalue weighted by molar-refractivity contribution is 7.19. The van der Waals surface area contributed by atoms with E-state index in [1.807, 2.05) is 11.9 Å². The van der Waals surface area contributed by atoms with Crippen LogP contribution in [0.2, 0.25) is 5.02 Å². The zero-order valence-electron chi connectivity index (χ0n) is 21.0. The summed E-state index contributed by atoms with van der Waals surface area (Å²) in [7, 11) is 3.50. The van der Waals surface area contributed by atoms with Gasteiger partial charge in [0.1, 0.15) is 36.0 Å². The Labute approximate surface area is 220 Å². The molecule has 1 saturated heterocycles. The predicted molar refractivity (Wildman–Crippen MR) is 144 cm³/mol. The lowest BCUT2D eigenvalue weighted by Crippen LogP contribution is -3.12. The molecular weight excluding hydrogens is 498 g/mol. The van der Waals surface area contributed by atoms with Gasteiger partial charge >= 0.3 is 0 Å². The molecule has 192 valence electrons. The largest absolute Gasteiger partial charge is 0.495 e. The molecule has 1 aliphatic carbocycles. The number of nitrogens with zero attached hydrogens (tertiary/aromatic N) is 3. The van der Waals surface area contributed by atoms with Crippen molar-refractivity contribution < 1.29 is 19.2 Å². The van der Waals surface area contributed by atoms with Crippen LogP contribution < -0.4 is 19.9 Å². The van der Waals surface area contributed by atoms with Gasteiger partial charge in [-0.25, -0.2) is 9.97 Å². The van der Waals surface area contributed by atoms with Crippen molar-refractivity contribution >= 4 is 50.6 Å². The average molecular weight is 531 g/mol. The number of hydrogen-bond acceptors (Lipinski definition) is 7. The van der Waals surface area contributed by atoms with Crippen LogP contribution in [0.15, 0.2) is 18.2 Å². The van der Waals surface area contributed by atoms with Crippen molar-refractivity contribution in [1.82, 2.24) is 9.97 Å². The van der Waals surface area contributed by atoms with Crippen LogP contribution in [-0.4, -0.2) is 62.9 Å². The highest BCUT2D eigenvalue weighted by Crippen LogP contribution is 2.40. The van der Waals surface area contributed by atoms with Crippen molar-refractivity contribution in [3.63, 3.8) is 0 Å². The number of aromatic nitrogens is 2. The van der Waals surface area contributed by atoms with E-state index in [0.717, 1.165) is 74.0 Å². The summed E-state index contributed by atoms with van der Waals surface area (Å²) in [6, 6.07) is 5.17. The van der Waals surface area contributed by atoms with E-state index in [4.69, 9.17) is 31.0 Å². The van der Waals surface area contributed by atoms with Crippen molar-refractivity contribution in [3.8, 4) is 5.75 Å². The molecule has 3 heterocycles. The van der Waals surface area contributed by atoms with Gasteiger partial charge in [0.2, 0.25) is 5.91 Å². The average Bonchev–Trinajstić information content (AvgIpc) is 3.21. The van der Waals surface area contributed by atoms with E-state index < -0.39 is 0 Å². The molecule has 0 saturated carbocycles. The SMILES string of the molecule is COc1ccc(Cl)cc1NC(=O)CN(C)c1nc(C[NH+]2CCOCC2)nc2sc3c(c12)CC[C@H](C)C3. The number of likely N-dealkylation sites (N-methyl/N-ethyl adjacent to an activating group) is 1. The zero-order chi connectivity index (χ0) is 25.2. The Kier molecular flexibility index (Phi) is 7.62. The second kappa shape index (κ2) is 10.9. The molecule has 0 radical (unpaired) electrons. The molecule has 36 heavy (non-hydrogen) atoms. The molecule has 2 aromatic heterocycles. The van der Waals surface area contributed by atoms with Crippen LogP contribution in [-0.2, 0) is 28.9 Å². The second-order valence-electron chi connectivity index (χ2n) is 9.78. The third-order valence-corrected chi connectivity index (χ3v) is 8.35. The van der Waals surface area contributed by atoms with Crippen molar-refractivity contribution in [1.29, 1.82) is 0 Å². The molecule has 2 N–H and O–H groups in total. The molecule has 5 rings (SSSR count). The number of ether oxygens (including phenoxy) is 2. The van der Waals surface area contributed by atoms with E-state index in [2.05, 4.69) is 12.2 Å². The van der Waals surface area contributed by atoms with Gasteiger partial charge in [-0.2, -0.15) is 0 Å². The Bertz CT molecular complexity index is 1260. The summed E-state index contributed by atoms with van der Waals surface area (Å²) in [4.78, 5) is 28.9. The molecule has 1 atom stereocenters. The first kappa shape index (κ1) is 25.2. The predicted octanol–water partition coefficient (Wildman–Crippen LogP) is 2.97. The van der Waals surface area contributed by atoms with E-state index >= 15 is 0 Å². The highest BCUT2D eigenvalue weighted by atomic mass is 35.5. The van der Waals surface area contributed by atoms with Crippen molar-refractivity contribution in [2.24, 2.45) is 5.92 Å². The molecular formula is C26H33ClN5O3S+. The summed E-state index contributed by atoms with van der Waals surface area (Å²) in [5.74, 6) is 2.74.